The smallest absolute Gasteiger partial charge is 0.394 e. The van der Waals surface area contributed by atoms with Crippen LogP contribution in [0.2, 0.25) is 0 Å². The number of carboxylic acid groups (broad SMARTS) is 1. The molecule has 0 aliphatic rings. The fraction of sp³-hybridized carbons (Fsp3) is 0.750. The number of hydrogen-bond acceptors (Lipinski definition) is 2. The molecule has 4 nitrogen and oxygen atoms in total. The van der Waals surface area contributed by atoms with Crippen molar-refractivity contribution in [3.05, 3.63) is 0 Å². The molecule has 0 rings (SSSR count). The van der Waals surface area contributed by atoms with E-state index in [0.717, 1.165) is 0 Å². The lowest BCUT2D eigenvalue weighted by Crippen LogP contribution is -2.44. The molecular weight excluding hydrogens is 158 g/mol. The molecule has 0 aliphatic heterocycles. The summed E-state index contributed by atoms with van der Waals surface area (Å²) in [5.41, 5.74) is -0.120. The van der Waals surface area contributed by atoms with Gasteiger partial charge in [0.05, 0.1) is 0 Å². The van der Waals surface area contributed by atoms with Crippen molar-refractivity contribution in [2.24, 2.45) is 5.41 Å². The van der Waals surface area contributed by atoms with Gasteiger partial charge in [0, 0.05) is 6.04 Å². The van der Waals surface area contributed by atoms with Crippen molar-refractivity contribution in [1.82, 2.24) is 5.32 Å². The zero-order valence-corrected chi connectivity index (χ0v) is 7.84. The van der Waals surface area contributed by atoms with E-state index in [9.17, 15) is 9.59 Å². The van der Waals surface area contributed by atoms with E-state index in [2.05, 4.69) is 5.32 Å². The summed E-state index contributed by atoms with van der Waals surface area (Å²) >= 11 is 0. The minimum atomic E-state index is -1.44. The fourth-order valence-corrected chi connectivity index (χ4v) is 0.475. The third-order valence-corrected chi connectivity index (χ3v) is 1.84. The number of carbonyl (C=O) groups is 2. The van der Waals surface area contributed by atoms with E-state index in [1.807, 2.05) is 20.8 Å². The van der Waals surface area contributed by atoms with Crippen LogP contribution in [-0.4, -0.2) is 23.0 Å². The van der Waals surface area contributed by atoms with Crippen molar-refractivity contribution in [2.75, 3.05) is 0 Å². The molecule has 0 aliphatic carbocycles. The van der Waals surface area contributed by atoms with E-state index in [1.165, 1.54) is 0 Å². The van der Waals surface area contributed by atoms with Gasteiger partial charge in [-0.25, -0.2) is 4.79 Å². The maximum Gasteiger partial charge on any atom is 0.394 e. The Morgan fingerprint density at radius 1 is 1.33 bits per heavy atom. The first-order chi connectivity index (χ1) is 5.25. The van der Waals surface area contributed by atoms with Gasteiger partial charge in [-0.1, -0.05) is 20.8 Å². The van der Waals surface area contributed by atoms with E-state index in [0.29, 0.717) is 0 Å². The highest BCUT2D eigenvalue weighted by molar-refractivity contribution is 6.31. The third-order valence-electron chi connectivity index (χ3n) is 1.84. The van der Waals surface area contributed by atoms with Crippen molar-refractivity contribution in [3.8, 4) is 0 Å². The normalized spacial score (nSPS) is 13.7. The van der Waals surface area contributed by atoms with Gasteiger partial charge in [0.25, 0.3) is 0 Å². The molecule has 0 saturated carbocycles. The second kappa shape index (κ2) is 3.56. The summed E-state index contributed by atoms with van der Waals surface area (Å²) in [6, 6.07) is -0.152. The van der Waals surface area contributed by atoms with Crippen LogP contribution >= 0.6 is 0 Å². The van der Waals surface area contributed by atoms with Crippen LogP contribution in [0.1, 0.15) is 27.7 Å². The van der Waals surface area contributed by atoms with Crippen LogP contribution in [0.25, 0.3) is 0 Å². The first-order valence-electron chi connectivity index (χ1n) is 3.79. The zero-order chi connectivity index (χ0) is 9.94. The Morgan fingerprint density at radius 3 is 2.00 bits per heavy atom. The van der Waals surface area contributed by atoms with Crippen LogP contribution in [0.5, 0.6) is 0 Å². The van der Waals surface area contributed by atoms with E-state index in [-0.39, 0.29) is 11.5 Å². The van der Waals surface area contributed by atoms with Crippen molar-refractivity contribution >= 4 is 11.9 Å². The molecule has 0 aromatic rings. The average Bonchev–Trinajstić information content (AvgIpc) is 1.85. The van der Waals surface area contributed by atoms with Crippen molar-refractivity contribution in [1.29, 1.82) is 0 Å². The summed E-state index contributed by atoms with van der Waals surface area (Å²) < 4.78 is 0. The highest BCUT2D eigenvalue weighted by atomic mass is 16.4. The van der Waals surface area contributed by atoms with Gasteiger partial charge in [-0.05, 0) is 12.3 Å². The number of nitrogens with one attached hydrogen (secondary N) is 1. The predicted octanol–water partition coefficient (Wildman–Crippen LogP) is 0.622. The molecule has 70 valence electrons. The Hall–Kier alpha value is -1.06. The van der Waals surface area contributed by atoms with Gasteiger partial charge in [0.2, 0.25) is 0 Å². The van der Waals surface area contributed by atoms with Crippen molar-refractivity contribution in [2.45, 2.75) is 33.7 Å². The highest BCUT2D eigenvalue weighted by Gasteiger charge is 2.23. The van der Waals surface area contributed by atoms with E-state index >= 15 is 0 Å². The molecule has 1 amide bonds. The SMILES string of the molecule is CC(NC(=O)C(=O)O)C(C)(C)C. The number of carbonyl (C=O) groups excluding carboxylic acids is 1. The number of amides is 1. The second-order valence-electron chi connectivity index (χ2n) is 3.87. The summed E-state index contributed by atoms with van der Waals surface area (Å²) in [5, 5.41) is 10.7. The quantitative estimate of drug-likeness (QED) is 0.571. The third kappa shape index (κ3) is 3.37. The van der Waals surface area contributed by atoms with Gasteiger partial charge >= 0.3 is 11.9 Å². The fourth-order valence-electron chi connectivity index (χ4n) is 0.475. The van der Waals surface area contributed by atoms with Crippen LogP contribution in [0, 0.1) is 5.41 Å². The number of carboxylic acids is 1. The van der Waals surface area contributed by atoms with Gasteiger partial charge in [0.15, 0.2) is 0 Å². The Bertz CT molecular complexity index is 193. The Kier molecular flexibility index (Phi) is 3.24. The Morgan fingerprint density at radius 2 is 1.75 bits per heavy atom. The van der Waals surface area contributed by atoms with Crippen LogP contribution < -0.4 is 5.32 Å². The molecule has 4 heteroatoms. The Labute approximate surface area is 72.0 Å². The maximum atomic E-state index is 10.7. The summed E-state index contributed by atoms with van der Waals surface area (Å²) in [5.74, 6) is -2.39. The predicted molar refractivity (Wildman–Crippen MR) is 44.7 cm³/mol. The molecule has 0 saturated heterocycles. The molecule has 0 aromatic carbocycles. The molecule has 0 aromatic heterocycles. The summed E-state index contributed by atoms with van der Waals surface area (Å²) in [6.07, 6.45) is 0. The molecule has 1 atom stereocenters. The average molecular weight is 173 g/mol. The monoisotopic (exact) mass is 173 g/mol. The van der Waals surface area contributed by atoms with Crippen molar-refractivity contribution < 1.29 is 14.7 Å². The molecule has 0 fully saturated rings. The highest BCUT2D eigenvalue weighted by Crippen LogP contribution is 2.18. The maximum absolute atomic E-state index is 10.7. The number of aliphatic carboxylic acids is 1. The number of rotatable bonds is 1. The first-order valence-corrected chi connectivity index (χ1v) is 3.79. The molecule has 1 unspecified atom stereocenters. The van der Waals surface area contributed by atoms with Gasteiger partial charge in [-0.3, -0.25) is 4.79 Å². The zero-order valence-electron chi connectivity index (χ0n) is 7.84. The molecule has 12 heavy (non-hydrogen) atoms. The standard InChI is InChI=1S/C8H15NO3/c1-5(8(2,3)4)9-6(10)7(11)12/h5H,1-4H3,(H,9,10)(H,11,12). The molecule has 2 N–H and O–H groups in total. The molecule has 0 heterocycles. The largest absolute Gasteiger partial charge is 0.474 e. The van der Waals surface area contributed by atoms with Crippen molar-refractivity contribution in [3.63, 3.8) is 0 Å². The molecule has 0 spiro atoms. The van der Waals surface area contributed by atoms with E-state index in [4.69, 9.17) is 5.11 Å². The lowest BCUT2D eigenvalue weighted by atomic mass is 9.88. The summed E-state index contributed by atoms with van der Waals surface area (Å²) in [7, 11) is 0. The lowest BCUT2D eigenvalue weighted by Gasteiger charge is -2.27. The summed E-state index contributed by atoms with van der Waals surface area (Å²) in [6.45, 7) is 7.57. The minimum absolute atomic E-state index is 0.120. The lowest BCUT2D eigenvalue weighted by molar-refractivity contribution is -0.150. The van der Waals surface area contributed by atoms with E-state index < -0.39 is 11.9 Å². The van der Waals surface area contributed by atoms with Gasteiger partial charge in [-0.2, -0.15) is 0 Å². The van der Waals surface area contributed by atoms with Crippen LogP contribution in [0.4, 0.5) is 0 Å². The topological polar surface area (TPSA) is 66.4 Å². The Balaban J connectivity index is 4.11. The van der Waals surface area contributed by atoms with Gasteiger partial charge in [-0.15, -0.1) is 0 Å². The van der Waals surface area contributed by atoms with Crippen LogP contribution in [0.15, 0.2) is 0 Å². The van der Waals surface area contributed by atoms with Gasteiger partial charge in [0.1, 0.15) is 0 Å². The van der Waals surface area contributed by atoms with E-state index in [1.54, 1.807) is 6.92 Å². The van der Waals surface area contributed by atoms with Crippen LogP contribution in [0.3, 0.4) is 0 Å². The first kappa shape index (κ1) is 10.9. The van der Waals surface area contributed by atoms with Crippen LogP contribution in [-0.2, 0) is 9.59 Å². The number of hydrogen-bond donors (Lipinski definition) is 2. The second-order valence-corrected chi connectivity index (χ2v) is 3.87. The van der Waals surface area contributed by atoms with Gasteiger partial charge < -0.3 is 10.4 Å². The molecular formula is C8H15NO3. The minimum Gasteiger partial charge on any atom is -0.474 e. The molecule has 0 bridgehead atoms. The summed E-state index contributed by atoms with van der Waals surface area (Å²) in [4.78, 5) is 20.8. The molecule has 0 radical (unpaired) electrons.